The standard InChI is InChI=1S/C18H22N6O.ClH/c1-10(2)24-15-13(9-20-24)12(8-14(21-15)11-4-5-11)16-22-17(23-25-16)18(19)6-3-7-18;/h8-11H,3-7,19H2,1-2H3;1H. The topological polar surface area (TPSA) is 95.7 Å². The van der Waals surface area contributed by atoms with Crippen molar-refractivity contribution in [2.45, 2.75) is 63.5 Å². The third-order valence-electron chi connectivity index (χ3n) is 5.42. The van der Waals surface area contributed by atoms with Crippen LogP contribution >= 0.6 is 12.4 Å². The molecule has 0 atom stereocenters. The molecule has 0 amide bonds. The normalized spacial score (nSPS) is 18.8. The van der Waals surface area contributed by atoms with Gasteiger partial charge in [-0.3, -0.25) is 0 Å². The number of rotatable bonds is 4. The molecule has 0 bridgehead atoms. The van der Waals surface area contributed by atoms with E-state index in [9.17, 15) is 0 Å². The van der Waals surface area contributed by atoms with Crippen molar-refractivity contribution in [1.29, 1.82) is 0 Å². The SMILES string of the molecule is CC(C)n1ncc2c(-c3nc(C4(N)CCC4)no3)cc(C3CC3)nc21.Cl. The van der Waals surface area contributed by atoms with Gasteiger partial charge in [-0.05, 0) is 52.0 Å². The van der Waals surface area contributed by atoms with Crippen LogP contribution in [0.25, 0.3) is 22.5 Å². The van der Waals surface area contributed by atoms with E-state index in [1.807, 2.05) is 10.9 Å². The number of hydrogen-bond donors (Lipinski definition) is 1. The van der Waals surface area contributed by atoms with Crippen LogP contribution in [0.2, 0.25) is 0 Å². The van der Waals surface area contributed by atoms with Crippen LogP contribution in [-0.2, 0) is 5.54 Å². The lowest BCUT2D eigenvalue weighted by molar-refractivity contribution is 0.229. The molecule has 0 unspecified atom stereocenters. The van der Waals surface area contributed by atoms with E-state index in [1.54, 1.807) is 0 Å². The second kappa shape index (κ2) is 6.03. The largest absolute Gasteiger partial charge is 0.334 e. The van der Waals surface area contributed by atoms with Gasteiger partial charge in [-0.2, -0.15) is 10.1 Å². The van der Waals surface area contributed by atoms with Crippen molar-refractivity contribution in [2.24, 2.45) is 5.73 Å². The smallest absolute Gasteiger partial charge is 0.258 e. The van der Waals surface area contributed by atoms with Crippen molar-refractivity contribution < 1.29 is 4.52 Å². The summed E-state index contributed by atoms with van der Waals surface area (Å²) in [6, 6.07) is 2.33. The number of aromatic nitrogens is 5. The highest BCUT2D eigenvalue weighted by molar-refractivity contribution is 5.90. The summed E-state index contributed by atoms with van der Waals surface area (Å²) in [5.41, 5.74) is 8.82. The summed E-state index contributed by atoms with van der Waals surface area (Å²) in [5.74, 6) is 1.67. The number of halogens is 1. The van der Waals surface area contributed by atoms with Crippen LogP contribution in [0.3, 0.4) is 0 Å². The molecule has 0 saturated heterocycles. The van der Waals surface area contributed by atoms with E-state index in [1.165, 1.54) is 12.8 Å². The van der Waals surface area contributed by atoms with Crippen LogP contribution in [-0.4, -0.2) is 24.9 Å². The fourth-order valence-corrected chi connectivity index (χ4v) is 3.50. The van der Waals surface area contributed by atoms with Gasteiger partial charge in [0.1, 0.15) is 0 Å². The van der Waals surface area contributed by atoms with Crippen molar-refractivity contribution in [2.75, 3.05) is 0 Å². The first-order chi connectivity index (χ1) is 12.0. The average molecular weight is 375 g/mol. The molecule has 2 fully saturated rings. The molecule has 0 radical (unpaired) electrons. The molecule has 0 spiro atoms. The fraction of sp³-hybridized carbons (Fsp3) is 0.556. The van der Waals surface area contributed by atoms with Crippen LogP contribution < -0.4 is 5.73 Å². The summed E-state index contributed by atoms with van der Waals surface area (Å²) in [6.07, 6.45) is 7.17. The average Bonchev–Trinajstić information content (AvgIpc) is 3.14. The highest BCUT2D eigenvalue weighted by Gasteiger charge is 2.39. The molecule has 138 valence electrons. The number of fused-ring (bicyclic) bond motifs is 1. The highest BCUT2D eigenvalue weighted by atomic mass is 35.5. The molecule has 0 aliphatic heterocycles. The van der Waals surface area contributed by atoms with Gasteiger partial charge in [-0.15, -0.1) is 12.4 Å². The van der Waals surface area contributed by atoms with Gasteiger partial charge in [0.15, 0.2) is 11.5 Å². The van der Waals surface area contributed by atoms with Crippen molar-refractivity contribution in [3.8, 4) is 11.5 Å². The van der Waals surface area contributed by atoms with Crippen LogP contribution in [0.4, 0.5) is 0 Å². The van der Waals surface area contributed by atoms with Crippen molar-refractivity contribution >= 4 is 23.4 Å². The molecule has 2 aliphatic carbocycles. The maximum absolute atomic E-state index is 6.35. The van der Waals surface area contributed by atoms with Crippen molar-refractivity contribution in [1.82, 2.24) is 24.9 Å². The molecule has 5 rings (SSSR count). The van der Waals surface area contributed by atoms with E-state index in [0.717, 1.165) is 41.6 Å². The van der Waals surface area contributed by atoms with Crippen LogP contribution in [0.5, 0.6) is 0 Å². The molecule has 3 heterocycles. The Morgan fingerprint density at radius 1 is 1.27 bits per heavy atom. The molecular weight excluding hydrogens is 352 g/mol. The summed E-state index contributed by atoms with van der Waals surface area (Å²) < 4.78 is 7.56. The lowest BCUT2D eigenvalue weighted by atomic mass is 9.77. The van der Waals surface area contributed by atoms with Gasteiger partial charge in [-0.25, -0.2) is 9.67 Å². The monoisotopic (exact) mass is 374 g/mol. The van der Waals surface area contributed by atoms with Gasteiger partial charge in [0, 0.05) is 17.7 Å². The number of nitrogens with zero attached hydrogens (tertiary/aromatic N) is 5. The van der Waals surface area contributed by atoms with Gasteiger partial charge in [0.05, 0.1) is 22.7 Å². The molecule has 2 N–H and O–H groups in total. The Balaban J connectivity index is 0.00000168. The zero-order chi connectivity index (χ0) is 17.2. The Morgan fingerprint density at radius 2 is 2.04 bits per heavy atom. The number of hydrogen-bond acceptors (Lipinski definition) is 6. The van der Waals surface area contributed by atoms with E-state index in [2.05, 4.69) is 35.2 Å². The van der Waals surface area contributed by atoms with Gasteiger partial charge in [0.2, 0.25) is 0 Å². The summed E-state index contributed by atoms with van der Waals surface area (Å²) in [6.45, 7) is 4.22. The molecule has 26 heavy (non-hydrogen) atoms. The number of pyridine rings is 1. The van der Waals surface area contributed by atoms with E-state index >= 15 is 0 Å². The zero-order valence-electron chi connectivity index (χ0n) is 15.0. The van der Waals surface area contributed by atoms with Crippen molar-refractivity contribution in [3.05, 3.63) is 23.8 Å². The summed E-state index contributed by atoms with van der Waals surface area (Å²) in [5, 5.41) is 9.64. The maximum atomic E-state index is 6.35. The predicted octanol–water partition coefficient (Wildman–Crippen LogP) is 3.70. The van der Waals surface area contributed by atoms with Crippen LogP contribution in [0, 0.1) is 0 Å². The summed E-state index contributed by atoms with van der Waals surface area (Å²) in [4.78, 5) is 9.51. The Labute approximate surface area is 157 Å². The molecule has 2 aliphatic rings. The Hall–Kier alpha value is -1.99. The second-order valence-corrected chi connectivity index (χ2v) is 7.72. The van der Waals surface area contributed by atoms with E-state index < -0.39 is 5.54 Å². The van der Waals surface area contributed by atoms with Crippen LogP contribution in [0.1, 0.15) is 69.4 Å². The number of nitrogens with two attached hydrogens (primary N) is 1. The lowest BCUT2D eigenvalue weighted by Crippen LogP contribution is -2.44. The second-order valence-electron chi connectivity index (χ2n) is 7.72. The lowest BCUT2D eigenvalue weighted by Gasteiger charge is -2.34. The minimum atomic E-state index is -0.421. The van der Waals surface area contributed by atoms with E-state index in [0.29, 0.717) is 17.6 Å². The maximum Gasteiger partial charge on any atom is 0.258 e. The zero-order valence-corrected chi connectivity index (χ0v) is 15.8. The van der Waals surface area contributed by atoms with Gasteiger partial charge < -0.3 is 10.3 Å². The Kier molecular flexibility index (Phi) is 4.04. The predicted molar refractivity (Wildman–Crippen MR) is 100 cm³/mol. The Bertz CT molecular complexity index is 954. The molecule has 8 heteroatoms. The third kappa shape index (κ3) is 2.61. The third-order valence-corrected chi connectivity index (χ3v) is 5.42. The molecular formula is C18H23ClN6O. The first kappa shape index (κ1) is 17.4. The fourth-order valence-electron chi connectivity index (χ4n) is 3.50. The molecule has 7 nitrogen and oxygen atoms in total. The van der Waals surface area contributed by atoms with Gasteiger partial charge >= 0.3 is 0 Å². The molecule has 3 aromatic rings. The Morgan fingerprint density at radius 3 is 2.65 bits per heavy atom. The minimum absolute atomic E-state index is 0. The van der Waals surface area contributed by atoms with E-state index in [4.69, 9.17) is 15.2 Å². The van der Waals surface area contributed by atoms with Crippen molar-refractivity contribution in [3.63, 3.8) is 0 Å². The molecule has 2 saturated carbocycles. The molecule has 0 aromatic carbocycles. The van der Waals surface area contributed by atoms with Gasteiger partial charge in [0.25, 0.3) is 5.89 Å². The quantitative estimate of drug-likeness (QED) is 0.748. The molecule has 3 aromatic heterocycles. The summed E-state index contributed by atoms with van der Waals surface area (Å²) >= 11 is 0. The highest BCUT2D eigenvalue weighted by Crippen LogP contribution is 2.42. The van der Waals surface area contributed by atoms with Gasteiger partial charge in [-0.1, -0.05) is 5.16 Å². The first-order valence-electron chi connectivity index (χ1n) is 9.07. The minimum Gasteiger partial charge on any atom is -0.334 e. The first-order valence-corrected chi connectivity index (χ1v) is 9.07. The van der Waals surface area contributed by atoms with E-state index in [-0.39, 0.29) is 18.4 Å². The van der Waals surface area contributed by atoms with Crippen LogP contribution in [0.15, 0.2) is 16.8 Å². The summed E-state index contributed by atoms with van der Waals surface area (Å²) in [7, 11) is 0.